The molecule has 1 aliphatic rings. The Labute approximate surface area is 105 Å². The van der Waals surface area contributed by atoms with Gasteiger partial charge in [0.05, 0.1) is 6.04 Å². The molecule has 1 aliphatic heterocycles. The number of hydrogen-bond acceptors (Lipinski definition) is 3. The van der Waals surface area contributed by atoms with Gasteiger partial charge >= 0.3 is 0 Å². The molecule has 0 bridgehead atoms. The van der Waals surface area contributed by atoms with Crippen LogP contribution in [0.15, 0.2) is 0 Å². The first kappa shape index (κ1) is 14.5. The lowest BCUT2D eigenvalue weighted by Crippen LogP contribution is -2.56. The molecule has 100 valence electrons. The van der Waals surface area contributed by atoms with Gasteiger partial charge in [-0.25, -0.2) is 0 Å². The Balaban J connectivity index is 2.56. The van der Waals surface area contributed by atoms with Crippen LogP contribution in [-0.2, 0) is 4.79 Å². The SMILES string of the molecule is CC(CC(=O)N1CCNCC1CN)C(C)(C)C. The molecule has 2 unspecified atom stereocenters. The molecule has 1 saturated heterocycles. The predicted octanol–water partition coefficient (Wildman–Crippen LogP) is 0.818. The number of rotatable bonds is 3. The lowest BCUT2D eigenvalue weighted by molar-refractivity contribution is -0.135. The molecule has 4 heteroatoms. The molecule has 1 heterocycles. The van der Waals surface area contributed by atoms with Crippen LogP contribution < -0.4 is 11.1 Å². The van der Waals surface area contributed by atoms with Crippen LogP contribution in [0.25, 0.3) is 0 Å². The van der Waals surface area contributed by atoms with Crippen LogP contribution in [0.2, 0.25) is 0 Å². The van der Waals surface area contributed by atoms with Gasteiger partial charge in [0.2, 0.25) is 5.91 Å². The molecular weight excluding hydrogens is 214 g/mol. The molecule has 0 spiro atoms. The lowest BCUT2D eigenvalue weighted by Gasteiger charge is -2.37. The monoisotopic (exact) mass is 241 g/mol. The van der Waals surface area contributed by atoms with E-state index in [1.807, 2.05) is 4.90 Å². The second-order valence-electron chi connectivity index (χ2n) is 6.15. The van der Waals surface area contributed by atoms with E-state index >= 15 is 0 Å². The molecule has 0 radical (unpaired) electrons. The zero-order chi connectivity index (χ0) is 13.1. The van der Waals surface area contributed by atoms with Crippen molar-refractivity contribution in [3.63, 3.8) is 0 Å². The fraction of sp³-hybridized carbons (Fsp3) is 0.923. The van der Waals surface area contributed by atoms with Crippen LogP contribution in [0.5, 0.6) is 0 Å². The van der Waals surface area contributed by atoms with E-state index in [-0.39, 0.29) is 17.4 Å². The van der Waals surface area contributed by atoms with Gasteiger partial charge in [0, 0.05) is 32.6 Å². The molecule has 3 N–H and O–H groups in total. The third-order valence-electron chi connectivity index (χ3n) is 3.90. The van der Waals surface area contributed by atoms with E-state index in [1.54, 1.807) is 0 Å². The highest BCUT2D eigenvalue weighted by Crippen LogP contribution is 2.28. The van der Waals surface area contributed by atoms with E-state index in [1.165, 1.54) is 0 Å². The van der Waals surface area contributed by atoms with Crippen molar-refractivity contribution in [1.29, 1.82) is 0 Å². The summed E-state index contributed by atoms with van der Waals surface area (Å²) in [7, 11) is 0. The maximum absolute atomic E-state index is 12.3. The number of piperazine rings is 1. The average molecular weight is 241 g/mol. The summed E-state index contributed by atoms with van der Waals surface area (Å²) in [5.41, 5.74) is 5.90. The van der Waals surface area contributed by atoms with Gasteiger partial charge < -0.3 is 16.0 Å². The van der Waals surface area contributed by atoms with Crippen LogP contribution >= 0.6 is 0 Å². The highest BCUT2D eigenvalue weighted by Gasteiger charge is 2.29. The van der Waals surface area contributed by atoms with E-state index in [4.69, 9.17) is 5.73 Å². The van der Waals surface area contributed by atoms with Gasteiger partial charge in [-0.15, -0.1) is 0 Å². The molecule has 0 saturated carbocycles. The zero-order valence-electron chi connectivity index (χ0n) is 11.6. The summed E-state index contributed by atoms with van der Waals surface area (Å²) >= 11 is 0. The first-order valence-electron chi connectivity index (χ1n) is 6.56. The summed E-state index contributed by atoms with van der Waals surface area (Å²) in [6.07, 6.45) is 0.625. The zero-order valence-corrected chi connectivity index (χ0v) is 11.6. The Kier molecular flexibility index (Phi) is 4.95. The first-order valence-corrected chi connectivity index (χ1v) is 6.56. The third kappa shape index (κ3) is 3.96. The number of nitrogens with one attached hydrogen (secondary N) is 1. The minimum absolute atomic E-state index is 0.170. The van der Waals surface area contributed by atoms with Crippen molar-refractivity contribution in [2.24, 2.45) is 17.1 Å². The van der Waals surface area contributed by atoms with Gasteiger partial charge in [-0.3, -0.25) is 4.79 Å². The van der Waals surface area contributed by atoms with Crippen LogP contribution in [-0.4, -0.2) is 43.0 Å². The molecule has 17 heavy (non-hydrogen) atoms. The number of hydrogen-bond donors (Lipinski definition) is 2. The van der Waals surface area contributed by atoms with E-state index in [0.29, 0.717) is 18.9 Å². The molecule has 0 aromatic carbocycles. The van der Waals surface area contributed by atoms with Gasteiger partial charge in [0.25, 0.3) is 0 Å². The summed E-state index contributed by atoms with van der Waals surface area (Å²) in [6, 6.07) is 0.170. The predicted molar refractivity (Wildman–Crippen MR) is 70.7 cm³/mol. The van der Waals surface area contributed by atoms with Crippen LogP contribution in [0, 0.1) is 11.3 Å². The van der Waals surface area contributed by atoms with Crippen LogP contribution in [0.3, 0.4) is 0 Å². The summed E-state index contributed by atoms with van der Waals surface area (Å²) in [4.78, 5) is 14.2. The summed E-state index contributed by atoms with van der Waals surface area (Å²) < 4.78 is 0. The quantitative estimate of drug-likeness (QED) is 0.769. The number of carbonyl (C=O) groups excluding carboxylic acids is 1. The summed E-state index contributed by atoms with van der Waals surface area (Å²) in [5.74, 6) is 0.646. The Morgan fingerprint density at radius 2 is 2.18 bits per heavy atom. The van der Waals surface area contributed by atoms with Gasteiger partial charge in [0.15, 0.2) is 0 Å². The number of nitrogens with two attached hydrogens (primary N) is 1. The average Bonchev–Trinajstić information content (AvgIpc) is 2.27. The normalized spacial score (nSPS) is 23.6. The molecule has 1 fully saturated rings. The molecule has 4 nitrogen and oxygen atoms in total. The number of carbonyl (C=O) groups is 1. The third-order valence-corrected chi connectivity index (χ3v) is 3.90. The van der Waals surface area contributed by atoms with Crippen molar-refractivity contribution in [2.45, 2.75) is 40.2 Å². The smallest absolute Gasteiger partial charge is 0.223 e. The molecule has 2 atom stereocenters. The van der Waals surface area contributed by atoms with Crippen molar-refractivity contribution < 1.29 is 4.79 Å². The van der Waals surface area contributed by atoms with E-state index < -0.39 is 0 Å². The molecule has 0 aliphatic carbocycles. The van der Waals surface area contributed by atoms with Crippen molar-refractivity contribution in [3.8, 4) is 0 Å². The highest BCUT2D eigenvalue weighted by molar-refractivity contribution is 5.77. The Morgan fingerprint density at radius 1 is 1.53 bits per heavy atom. The summed E-state index contributed by atoms with van der Waals surface area (Å²) in [5, 5.41) is 3.28. The van der Waals surface area contributed by atoms with Gasteiger partial charge in [-0.05, 0) is 11.3 Å². The number of nitrogens with zero attached hydrogens (tertiary/aromatic N) is 1. The minimum Gasteiger partial charge on any atom is -0.336 e. The summed E-state index contributed by atoms with van der Waals surface area (Å²) in [6.45, 7) is 11.7. The molecular formula is C13H27N3O. The van der Waals surface area contributed by atoms with E-state index in [2.05, 4.69) is 33.0 Å². The standard InChI is InChI=1S/C13H27N3O/c1-10(13(2,3)4)7-12(17)16-6-5-15-9-11(16)8-14/h10-11,15H,5-9,14H2,1-4H3. The van der Waals surface area contributed by atoms with Crippen molar-refractivity contribution >= 4 is 5.91 Å². The van der Waals surface area contributed by atoms with Gasteiger partial charge in [-0.1, -0.05) is 27.7 Å². The van der Waals surface area contributed by atoms with Crippen LogP contribution in [0.4, 0.5) is 0 Å². The second-order valence-corrected chi connectivity index (χ2v) is 6.15. The fourth-order valence-corrected chi connectivity index (χ4v) is 1.99. The fourth-order valence-electron chi connectivity index (χ4n) is 1.99. The first-order chi connectivity index (χ1) is 7.86. The van der Waals surface area contributed by atoms with Crippen molar-refractivity contribution in [1.82, 2.24) is 10.2 Å². The van der Waals surface area contributed by atoms with Crippen molar-refractivity contribution in [2.75, 3.05) is 26.2 Å². The molecule has 1 rings (SSSR count). The van der Waals surface area contributed by atoms with Crippen molar-refractivity contribution in [3.05, 3.63) is 0 Å². The maximum atomic E-state index is 12.3. The minimum atomic E-state index is 0.170. The Morgan fingerprint density at radius 3 is 2.71 bits per heavy atom. The molecule has 0 aromatic rings. The number of amides is 1. The highest BCUT2D eigenvalue weighted by atomic mass is 16.2. The van der Waals surface area contributed by atoms with Gasteiger partial charge in [0.1, 0.15) is 0 Å². The van der Waals surface area contributed by atoms with Crippen LogP contribution in [0.1, 0.15) is 34.1 Å². The molecule has 1 amide bonds. The van der Waals surface area contributed by atoms with E-state index in [9.17, 15) is 4.79 Å². The van der Waals surface area contributed by atoms with Gasteiger partial charge in [-0.2, -0.15) is 0 Å². The Bertz CT molecular complexity index is 260. The van der Waals surface area contributed by atoms with E-state index in [0.717, 1.165) is 19.6 Å². The maximum Gasteiger partial charge on any atom is 0.223 e. The largest absolute Gasteiger partial charge is 0.336 e. The lowest BCUT2D eigenvalue weighted by atomic mass is 9.80. The topological polar surface area (TPSA) is 58.4 Å². The second kappa shape index (κ2) is 5.83. The molecule has 0 aromatic heterocycles. The Hall–Kier alpha value is -0.610.